The van der Waals surface area contributed by atoms with Gasteiger partial charge in [0.2, 0.25) is 0 Å². The van der Waals surface area contributed by atoms with E-state index in [4.69, 9.17) is 9.92 Å². The monoisotopic (exact) mass is 338 g/mol. The van der Waals surface area contributed by atoms with Crippen molar-refractivity contribution in [1.82, 2.24) is 0 Å². The molecule has 0 atom stereocenters. The minimum atomic E-state index is -0.416. The predicted molar refractivity (Wildman–Crippen MR) is 87.2 cm³/mol. The lowest BCUT2D eigenvalue weighted by Gasteiger charge is -2.38. The standard InChI is InChI=1S/C14H18BBrNOS/c1-9-10(8-17)6-11(7-12(9)16)15-18-13(2,3)14(4,5)19/h6-7,19H,1-5H3. The summed E-state index contributed by atoms with van der Waals surface area (Å²) in [5, 5.41) is 9.09. The molecule has 2 nitrogen and oxygen atoms in total. The lowest BCUT2D eigenvalue weighted by atomic mass is 9.82. The minimum Gasteiger partial charge on any atom is -0.428 e. The van der Waals surface area contributed by atoms with Gasteiger partial charge in [-0.2, -0.15) is 17.9 Å². The Labute approximate surface area is 130 Å². The van der Waals surface area contributed by atoms with Gasteiger partial charge in [-0.15, -0.1) is 0 Å². The van der Waals surface area contributed by atoms with Gasteiger partial charge in [0, 0.05) is 9.22 Å². The third-order valence-corrected chi connectivity index (χ3v) is 4.81. The van der Waals surface area contributed by atoms with Gasteiger partial charge in [-0.25, -0.2) is 0 Å². The summed E-state index contributed by atoms with van der Waals surface area (Å²) in [6.45, 7) is 9.91. The third-order valence-electron chi connectivity index (χ3n) is 3.45. The molecule has 0 saturated heterocycles. The van der Waals surface area contributed by atoms with Gasteiger partial charge in [0.1, 0.15) is 0 Å². The fraction of sp³-hybridized carbons (Fsp3) is 0.500. The number of hydrogen-bond acceptors (Lipinski definition) is 3. The molecule has 1 radical (unpaired) electrons. The normalized spacial score (nSPS) is 12.1. The molecular formula is C14H18BBrNOS. The number of rotatable bonds is 4. The molecule has 1 aromatic carbocycles. The van der Waals surface area contributed by atoms with Crippen molar-refractivity contribution in [2.24, 2.45) is 0 Å². The smallest absolute Gasteiger partial charge is 0.330 e. The van der Waals surface area contributed by atoms with E-state index in [1.807, 2.05) is 46.8 Å². The molecule has 101 valence electrons. The van der Waals surface area contributed by atoms with Crippen LogP contribution >= 0.6 is 28.6 Å². The molecule has 0 unspecified atom stereocenters. The van der Waals surface area contributed by atoms with Crippen molar-refractivity contribution < 1.29 is 4.65 Å². The molecule has 1 aromatic rings. The predicted octanol–water partition coefficient (Wildman–Crippen LogP) is 3.38. The van der Waals surface area contributed by atoms with Crippen LogP contribution in [0.3, 0.4) is 0 Å². The molecule has 0 heterocycles. The van der Waals surface area contributed by atoms with Crippen LogP contribution in [0.5, 0.6) is 0 Å². The Morgan fingerprint density at radius 2 is 1.89 bits per heavy atom. The van der Waals surface area contributed by atoms with E-state index in [1.54, 1.807) is 7.48 Å². The van der Waals surface area contributed by atoms with Crippen molar-refractivity contribution in [3.8, 4) is 6.07 Å². The average Bonchev–Trinajstić information content (AvgIpc) is 2.29. The summed E-state index contributed by atoms with van der Waals surface area (Å²) in [4.78, 5) is 0. The van der Waals surface area contributed by atoms with Gasteiger partial charge in [0.05, 0.1) is 17.2 Å². The number of halogens is 1. The Morgan fingerprint density at radius 3 is 2.37 bits per heavy atom. The van der Waals surface area contributed by atoms with Crippen molar-refractivity contribution in [3.63, 3.8) is 0 Å². The summed E-state index contributed by atoms with van der Waals surface area (Å²) in [5.74, 6) is 0. The highest BCUT2D eigenvalue weighted by Gasteiger charge is 2.34. The van der Waals surface area contributed by atoms with E-state index < -0.39 is 5.60 Å². The maximum absolute atomic E-state index is 9.09. The van der Waals surface area contributed by atoms with Crippen molar-refractivity contribution in [3.05, 3.63) is 27.7 Å². The summed E-state index contributed by atoms with van der Waals surface area (Å²) in [6, 6.07) is 5.95. The number of nitrogens with zero attached hydrogens (tertiary/aromatic N) is 1. The molecule has 0 aliphatic carbocycles. The van der Waals surface area contributed by atoms with E-state index in [9.17, 15) is 0 Å². The maximum Gasteiger partial charge on any atom is 0.330 e. The summed E-state index contributed by atoms with van der Waals surface area (Å²) in [6.07, 6.45) is 0. The highest BCUT2D eigenvalue weighted by atomic mass is 79.9. The second kappa shape index (κ2) is 5.91. The maximum atomic E-state index is 9.09. The Balaban J connectivity index is 2.92. The quantitative estimate of drug-likeness (QED) is 0.674. The first-order chi connectivity index (χ1) is 8.58. The molecule has 0 aromatic heterocycles. The van der Waals surface area contributed by atoms with Crippen LogP contribution in [0.2, 0.25) is 0 Å². The SMILES string of the molecule is Cc1c(Br)cc([B]OC(C)(C)C(C)(C)S)cc1C#N. The lowest BCUT2D eigenvalue weighted by molar-refractivity contribution is 0.0854. The van der Waals surface area contributed by atoms with Crippen LogP contribution in [0.15, 0.2) is 16.6 Å². The van der Waals surface area contributed by atoms with Crippen molar-refractivity contribution >= 4 is 41.5 Å². The highest BCUT2D eigenvalue weighted by Crippen LogP contribution is 2.30. The van der Waals surface area contributed by atoms with Gasteiger partial charge in [-0.3, -0.25) is 0 Å². The second-order valence-electron chi connectivity index (χ2n) is 5.59. The molecule has 0 amide bonds. The van der Waals surface area contributed by atoms with Gasteiger partial charge in [-0.05, 0) is 46.2 Å². The van der Waals surface area contributed by atoms with Crippen LogP contribution in [0.25, 0.3) is 0 Å². The van der Waals surface area contributed by atoms with E-state index in [0.717, 1.165) is 15.5 Å². The van der Waals surface area contributed by atoms with Gasteiger partial charge in [0.15, 0.2) is 0 Å². The van der Waals surface area contributed by atoms with E-state index in [-0.39, 0.29) is 4.75 Å². The van der Waals surface area contributed by atoms with Crippen LogP contribution < -0.4 is 5.46 Å². The first-order valence-corrected chi connectivity index (χ1v) is 7.26. The third kappa shape index (κ3) is 4.01. The fourth-order valence-corrected chi connectivity index (χ4v) is 1.77. The topological polar surface area (TPSA) is 33.0 Å². The van der Waals surface area contributed by atoms with Crippen molar-refractivity contribution in [2.75, 3.05) is 0 Å². The van der Waals surface area contributed by atoms with Crippen LogP contribution in [0.4, 0.5) is 0 Å². The van der Waals surface area contributed by atoms with Gasteiger partial charge in [0.25, 0.3) is 0 Å². The number of hydrogen-bond donors (Lipinski definition) is 1. The highest BCUT2D eigenvalue weighted by molar-refractivity contribution is 9.10. The second-order valence-corrected chi connectivity index (χ2v) is 7.56. The fourth-order valence-electron chi connectivity index (χ4n) is 1.24. The van der Waals surface area contributed by atoms with Crippen molar-refractivity contribution in [1.29, 1.82) is 5.26 Å². The first-order valence-electron chi connectivity index (χ1n) is 6.02. The molecule has 0 saturated carbocycles. The molecule has 0 N–H and O–H groups in total. The molecule has 19 heavy (non-hydrogen) atoms. The number of thiol groups is 1. The molecule has 5 heteroatoms. The Bertz CT molecular complexity index is 517. The van der Waals surface area contributed by atoms with Crippen LogP contribution in [-0.2, 0) is 4.65 Å². The molecule has 0 aliphatic rings. The molecule has 0 spiro atoms. The minimum absolute atomic E-state index is 0.274. The Kier molecular flexibility index (Phi) is 5.17. The zero-order chi connectivity index (χ0) is 14.8. The Hall–Kier alpha value is -0.435. The summed E-state index contributed by atoms with van der Waals surface area (Å²) in [5.41, 5.74) is 2.03. The van der Waals surface area contributed by atoms with E-state index in [1.165, 1.54) is 0 Å². The number of benzene rings is 1. The van der Waals surface area contributed by atoms with Crippen LogP contribution in [0.1, 0.15) is 38.8 Å². The van der Waals surface area contributed by atoms with Gasteiger partial charge in [-0.1, -0.05) is 27.5 Å². The van der Waals surface area contributed by atoms with Gasteiger partial charge >= 0.3 is 7.48 Å². The van der Waals surface area contributed by atoms with E-state index in [0.29, 0.717) is 5.56 Å². The van der Waals surface area contributed by atoms with E-state index in [2.05, 4.69) is 34.6 Å². The molecular weight excluding hydrogens is 321 g/mol. The molecule has 0 aliphatic heterocycles. The summed E-state index contributed by atoms with van der Waals surface area (Å²) < 4.78 is 6.48. The van der Waals surface area contributed by atoms with Crippen molar-refractivity contribution in [2.45, 2.75) is 45.0 Å². The average molecular weight is 339 g/mol. The first kappa shape index (κ1) is 16.6. The Morgan fingerprint density at radius 1 is 1.32 bits per heavy atom. The number of nitriles is 1. The van der Waals surface area contributed by atoms with E-state index >= 15 is 0 Å². The van der Waals surface area contributed by atoms with Crippen LogP contribution in [0, 0.1) is 18.3 Å². The zero-order valence-electron chi connectivity index (χ0n) is 11.9. The largest absolute Gasteiger partial charge is 0.428 e. The van der Waals surface area contributed by atoms with Gasteiger partial charge < -0.3 is 4.65 Å². The summed E-state index contributed by atoms with van der Waals surface area (Å²) in [7, 11) is 1.68. The lowest BCUT2D eigenvalue weighted by Crippen LogP contribution is -2.45. The van der Waals surface area contributed by atoms with Crippen LogP contribution in [-0.4, -0.2) is 17.8 Å². The molecule has 0 fully saturated rings. The molecule has 0 bridgehead atoms. The zero-order valence-corrected chi connectivity index (χ0v) is 14.4. The summed E-state index contributed by atoms with van der Waals surface area (Å²) >= 11 is 8.01. The molecule has 1 rings (SSSR count).